The molecule has 0 bridgehead atoms. The van der Waals surface area contributed by atoms with Crippen LogP contribution in [0.1, 0.15) is 29.8 Å². The summed E-state index contributed by atoms with van der Waals surface area (Å²) < 4.78 is 23.5. The Labute approximate surface area is 123 Å². The summed E-state index contributed by atoms with van der Waals surface area (Å²) in [5, 5.41) is 0. The van der Waals surface area contributed by atoms with Gasteiger partial charge < -0.3 is 9.47 Å². The quantitative estimate of drug-likeness (QED) is 0.781. The third-order valence-corrected chi connectivity index (χ3v) is 2.73. The molecule has 2 aromatic rings. The molecule has 0 saturated carbocycles. The van der Waals surface area contributed by atoms with Crippen molar-refractivity contribution in [3.05, 3.63) is 65.5 Å². The Bertz CT molecular complexity index is 606. The fourth-order valence-corrected chi connectivity index (χ4v) is 1.74. The van der Waals surface area contributed by atoms with Gasteiger partial charge in [0.15, 0.2) is 0 Å². The fraction of sp³-hybridized carbons (Fsp3) is 0.235. The Morgan fingerprint density at radius 3 is 2.52 bits per heavy atom. The SMILES string of the molecule is CC(C)OC(=O)c1cccc(OCc2ccc(F)cc2)c1. The highest BCUT2D eigenvalue weighted by molar-refractivity contribution is 5.89. The Balaban J connectivity index is 2.00. The lowest BCUT2D eigenvalue weighted by molar-refractivity contribution is 0.0377. The second-order valence-corrected chi connectivity index (χ2v) is 4.90. The van der Waals surface area contributed by atoms with Crippen molar-refractivity contribution in [1.29, 1.82) is 0 Å². The van der Waals surface area contributed by atoms with E-state index in [1.54, 1.807) is 50.2 Å². The maximum Gasteiger partial charge on any atom is 0.338 e. The number of carbonyl (C=O) groups is 1. The second-order valence-electron chi connectivity index (χ2n) is 4.90. The summed E-state index contributed by atoms with van der Waals surface area (Å²) in [6.45, 7) is 3.91. The molecule has 0 heterocycles. The molecule has 0 aliphatic carbocycles. The monoisotopic (exact) mass is 288 g/mol. The first-order valence-corrected chi connectivity index (χ1v) is 6.73. The summed E-state index contributed by atoms with van der Waals surface area (Å²) in [5.41, 5.74) is 1.30. The highest BCUT2D eigenvalue weighted by atomic mass is 19.1. The van der Waals surface area contributed by atoms with Crippen LogP contribution in [0.15, 0.2) is 48.5 Å². The topological polar surface area (TPSA) is 35.5 Å². The molecule has 3 nitrogen and oxygen atoms in total. The molecule has 0 aliphatic heterocycles. The minimum atomic E-state index is -0.378. The smallest absolute Gasteiger partial charge is 0.338 e. The predicted molar refractivity (Wildman–Crippen MR) is 77.7 cm³/mol. The Morgan fingerprint density at radius 2 is 1.86 bits per heavy atom. The standard InChI is InChI=1S/C17H17FO3/c1-12(2)21-17(19)14-4-3-5-16(10-14)20-11-13-6-8-15(18)9-7-13/h3-10,12H,11H2,1-2H3. The van der Waals surface area contributed by atoms with E-state index in [9.17, 15) is 9.18 Å². The van der Waals surface area contributed by atoms with Crippen molar-refractivity contribution >= 4 is 5.97 Å². The highest BCUT2D eigenvalue weighted by Crippen LogP contribution is 2.16. The van der Waals surface area contributed by atoms with Gasteiger partial charge in [-0.2, -0.15) is 0 Å². The molecule has 0 N–H and O–H groups in total. The van der Waals surface area contributed by atoms with Gasteiger partial charge >= 0.3 is 5.97 Å². The molecular formula is C17H17FO3. The van der Waals surface area contributed by atoms with Crippen LogP contribution in [0, 0.1) is 5.82 Å². The van der Waals surface area contributed by atoms with Crippen LogP contribution in [0.25, 0.3) is 0 Å². The molecule has 21 heavy (non-hydrogen) atoms. The number of ether oxygens (including phenoxy) is 2. The Kier molecular flexibility index (Phi) is 4.93. The second kappa shape index (κ2) is 6.88. The number of benzene rings is 2. The molecule has 0 radical (unpaired) electrons. The van der Waals surface area contributed by atoms with Gasteiger partial charge in [0, 0.05) is 0 Å². The lowest BCUT2D eigenvalue weighted by Crippen LogP contribution is -2.11. The van der Waals surface area contributed by atoms with E-state index in [4.69, 9.17) is 9.47 Å². The van der Waals surface area contributed by atoms with Crippen molar-refractivity contribution in [1.82, 2.24) is 0 Å². The summed E-state index contributed by atoms with van der Waals surface area (Å²) >= 11 is 0. The lowest BCUT2D eigenvalue weighted by Gasteiger charge is -2.10. The third kappa shape index (κ3) is 4.60. The van der Waals surface area contributed by atoms with Crippen LogP contribution in [0.3, 0.4) is 0 Å². The molecule has 0 amide bonds. The number of halogens is 1. The van der Waals surface area contributed by atoms with E-state index < -0.39 is 0 Å². The minimum absolute atomic E-state index is 0.165. The van der Waals surface area contributed by atoms with Crippen LogP contribution in [-0.4, -0.2) is 12.1 Å². The van der Waals surface area contributed by atoms with E-state index in [0.717, 1.165) is 5.56 Å². The number of carbonyl (C=O) groups excluding carboxylic acids is 1. The van der Waals surface area contributed by atoms with Crippen molar-refractivity contribution in [3.8, 4) is 5.75 Å². The van der Waals surface area contributed by atoms with Gasteiger partial charge in [-0.25, -0.2) is 9.18 Å². The van der Waals surface area contributed by atoms with Crippen molar-refractivity contribution in [2.24, 2.45) is 0 Å². The van der Waals surface area contributed by atoms with Gasteiger partial charge in [-0.15, -0.1) is 0 Å². The lowest BCUT2D eigenvalue weighted by atomic mass is 10.2. The van der Waals surface area contributed by atoms with E-state index >= 15 is 0 Å². The fourth-order valence-electron chi connectivity index (χ4n) is 1.74. The van der Waals surface area contributed by atoms with Gasteiger partial charge in [-0.05, 0) is 49.7 Å². The largest absolute Gasteiger partial charge is 0.489 e. The molecule has 0 fully saturated rings. The third-order valence-electron chi connectivity index (χ3n) is 2.73. The van der Waals surface area contributed by atoms with Gasteiger partial charge in [0.1, 0.15) is 18.2 Å². The first-order valence-electron chi connectivity index (χ1n) is 6.73. The van der Waals surface area contributed by atoms with E-state index in [2.05, 4.69) is 0 Å². The van der Waals surface area contributed by atoms with Crippen molar-refractivity contribution in [2.45, 2.75) is 26.6 Å². The Hall–Kier alpha value is -2.36. The van der Waals surface area contributed by atoms with Crippen LogP contribution in [0.5, 0.6) is 5.75 Å². The molecule has 110 valence electrons. The van der Waals surface area contributed by atoms with Crippen LogP contribution in [0.2, 0.25) is 0 Å². The number of esters is 1. The molecule has 0 saturated heterocycles. The van der Waals surface area contributed by atoms with E-state index in [-0.39, 0.29) is 17.9 Å². The average molecular weight is 288 g/mol. The molecule has 0 unspecified atom stereocenters. The first kappa shape index (κ1) is 15.0. The molecule has 2 rings (SSSR count). The zero-order valence-corrected chi connectivity index (χ0v) is 12.0. The summed E-state index contributed by atoms with van der Waals surface area (Å²) in [4.78, 5) is 11.8. The predicted octanol–water partition coefficient (Wildman–Crippen LogP) is 3.97. The molecule has 0 aliphatic rings. The molecular weight excluding hydrogens is 271 g/mol. The molecule has 4 heteroatoms. The maximum atomic E-state index is 12.8. The molecule has 0 aromatic heterocycles. The van der Waals surface area contributed by atoms with Crippen LogP contribution >= 0.6 is 0 Å². The van der Waals surface area contributed by atoms with Gasteiger partial charge in [-0.3, -0.25) is 0 Å². The van der Waals surface area contributed by atoms with Crippen LogP contribution in [0.4, 0.5) is 4.39 Å². The summed E-state index contributed by atoms with van der Waals surface area (Å²) in [5.74, 6) is -0.0908. The van der Waals surface area contributed by atoms with Crippen LogP contribution < -0.4 is 4.74 Å². The van der Waals surface area contributed by atoms with E-state index in [1.807, 2.05) is 0 Å². The normalized spacial score (nSPS) is 10.5. The summed E-state index contributed by atoms with van der Waals surface area (Å²) in [6.07, 6.45) is -0.165. The zero-order chi connectivity index (χ0) is 15.2. The van der Waals surface area contributed by atoms with Gasteiger partial charge in [0.2, 0.25) is 0 Å². The maximum absolute atomic E-state index is 12.8. The van der Waals surface area contributed by atoms with Gasteiger partial charge in [0.25, 0.3) is 0 Å². The van der Waals surface area contributed by atoms with E-state index in [1.165, 1.54) is 12.1 Å². The summed E-state index contributed by atoms with van der Waals surface area (Å²) in [7, 11) is 0. The highest BCUT2D eigenvalue weighted by Gasteiger charge is 2.10. The Morgan fingerprint density at radius 1 is 1.14 bits per heavy atom. The van der Waals surface area contributed by atoms with Crippen LogP contribution in [-0.2, 0) is 11.3 Å². The molecule has 2 aromatic carbocycles. The van der Waals surface area contributed by atoms with Gasteiger partial charge in [0.05, 0.1) is 11.7 Å². The van der Waals surface area contributed by atoms with Crippen molar-refractivity contribution < 1.29 is 18.7 Å². The van der Waals surface area contributed by atoms with E-state index in [0.29, 0.717) is 17.9 Å². The van der Waals surface area contributed by atoms with Gasteiger partial charge in [-0.1, -0.05) is 18.2 Å². The minimum Gasteiger partial charge on any atom is -0.489 e. The van der Waals surface area contributed by atoms with Crippen molar-refractivity contribution in [2.75, 3.05) is 0 Å². The number of hydrogen-bond acceptors (Lipinski definition) is 3. The first-order chi connectivity index (χ1) is 10.0. The molecule has 0 atom stereocenters. The number of rotatable bonds is 5. The van der Waals surface area contributed by atoms with Crippen molar-refractivity contribution in [3.63, 3.8) is 0 Å². The summed E-state index contributed by atoms with van der Waals surface area (Å²) in [6, 6.07) is 12.9. The zero-order valence-electron chi connectivity index (χ0n) is 12.0. The number of hydrogen-bond donors (Lipinski definition) is 0. The molecule has 0 spiro atoms. The average Bonchev–Trinajstić information content (AvgIpc) is 2.46.